The van der Waals surface area contributed by atoms with E-state index in [1.54, 1.807) is 35.1 Å². The van der Waals surface area contributed by atoms with Gasteiger partial charge in [0.1, 0.15) is 11.4 Å². The van der Waals surface area contributed by atoms with Crippen molar-refractivity contribution >= 4 is 22.4 Å². The molecule has 5 rings (SSSR count). The molecule has 0 radical (unpaired) electrons. The van der Waals surface area contributed by atoms with Gasteiger partial charge in [0.15, 0.2) is 0 Å². The second-order valence-electron chi connectivity index (χ2n) is 7.61. The lowest BCUT2D eigenvalue weighted by Gasteiger charge is -2.37. The lowest BCUT2D eigenvalue weighted by Crippen LogP contribution is -2.54. The van der Waals surface area contributed by atoms with E-state index in [9.17, 15) is 9.18 Å². The van der Waals surface area contributed by atoms with E-state index in [0.29, 0.717) is 17.2 Å². The molecule has 7 nitrogen and oxygen atoms in total. The van der Waals surface area contributed by atoms with Crippen LogP contribution >= 0.6 is 0 Å². The third kappa shape index (κ3) is 3.15. The molecule has 0 bridgehead atoms. The second kappa shape index (κ2) is 6.66. The van der Waals surface area contributed by atoms with Crippen molar-refractivity contribution in [1.29, 1.82) is 0 Å². The minimum atomic E-state index is -0.556. The largest absolute Gasteiger partial charge is 0.422 e. The van der Waals surface area contributed by atoms with Crippen LogP contribution in [-0.2, 0) is 0 Å². The first-order valence-corrected chi connectivity index (χ1v) is 9.56. The molecule has 0 unspecified atom stereocenters. The molecule has 1 aliphatic heterocycles. The van der Waals surface area contributed by atoms with Gasteiger partial charge in [-0.15, -0.1) is 0 Å². The normalized spacial score (nSPS) is 19.9. The Hall–Kier alpha value is -3.26. The lowest BCUT2D eigenvalue weighted by molar-refractivity contribution is 0.406. The number of nitrogens with one attached hydrogen (secondary N) is 1. The van der Waals surface area contributed by atoms with Gasteiger partial charge in [-0.25, -0.2) is 19.2 Å². The highest BCUT2D eigenvalue weighted by Crippen LogP contribution is 2.28. The van der Waals surface area contributed by atoms with Gasteiger partial charge in [0, 0.05) is 55.5 Å². The van der Waals surface area contributed by atoms with E-state index >= 15 is 0 Å². The Morgan fingerprint density at radius 1 is 1.21 bits per heavy atom. The number of benzene rings is 1. The summed E-state index contributed by atoms with van der Waals surface area (Å²) in [6.07, 6.45) is 5.08. The number of hydrogen-bond donors (Lipinski definition) is 1. The number of rotatable bonds is 2. The van der Waals surface area contributed by atoms with Gasteiger partial charge >= 0.3 is 5.63 Å². The maximum Gasteiger partial charge on any atom is 0.345 e. The number of anilines is 1. The van der Waals surface area contributed by atoms with Crippen LogP contribution in [0.1, 0.15) is 13.8 Å². The van der Waals surface area contributed by atoms with E-state index in [-0.39, 0.29) is 28.6 Å². The highest BCUT2D eigenvalue weighted by Gasteiger charge is 2.23. The standard InChI is InChI=1S/C21H20FN5O2/c1-12-9-27(10-13(2)24-12)14-6-17(22)15-8-16(20(28)29-19(15)7-14)18-11-26-5-3-4-23-21(26)25-18/h3-8,11-13,24H,9-10H2,1-2H3/t12-,13+. The monoisotopic (exact) mass is 393 g/mol. The predicted molar refractivity (Wildman–Crippen MR) is 109 cm³/mol. The molecule has 0 aliphatic carbocycles. The first kappa shape index (κ1) is 17.8. The molecule has 3 aromatic heterocycles. The summed E-state index contributed by atoms with van der Waals surface area (Å²) >= 11 is 0. The summed E-state index contributed by atoms with van der Waals surface area (Å²) < 4.78 is 22.2. The summed E-state index contributed by atoms with van der Waals surface area (Å²) in [6, 6.07) is 7.08. The summed E-state index contributed by atoms with van der Waals surface area (Å²) in [4.78, 5) is 23.2. The zero-order valence-electron chi connectivity index (χ0n) is 16.1. The van der Waals surface area contributed by atoms with Gasteiger partial charge in [-0.3, -0.25) is 4.40 Å². The number of halogens is 1. The zero-order chi connectivity index (χ0) is 20.1. The van der Waals surface area contributed by atoms with Crippen LogP contribution in [-0.4, -0.2) is 39.5 Å². The van der Waals surface area contributed by atoms with Crippen LogP contribution in [0.5, 0.6) is 0 Å². The topological polar surface area (TPSA) is 75.7 Å². The molecular formula is C21H20FN5O2. The third-order valence-corrected chi connectivity index (χ3v) is 5.22. The van der Waals surface area contributed by atoms with Crippen LogP contribution in [0.15, 0.2) is 52.1 Å². The Kier molecular flexibility index (Phi) is 4.09. The van der Waals surface area contributed by atoms with Gasteiger partial charge in [0.2, 0.25) is 5.78 Å². The van der Waals surface area contributed by atoms with Crippen LogP contribution in [0.4, 0.5) is 10.1 Å². The summed E-state index contributed by atoms with van der Waals surface area (Å²) in [7, 11) is 0. The van der Waals surface area contributed by atoms with Gasteiger partial charge < -0.3 is 14.6 Å². The number of imidazole rings is 1. The molecular weight excluding hydrogens is 373 g/mol. The van der Waals surface area contributed by atoms with Crippen molar-refractivity contribution in [3.05, 3.63) is 59.1 Å². The van der Waals surface area contributed by atoms with Gasteiger partial charge in [0.05, 0.1) is 16.6 Å². The molecule has 148 valence electrons. The van der Waals surface area contributed by atoms with Crippen molar-refractivity contribution in [3.63, 3.8) is 0 Å². The summed E-state index contributed by atoms with van der Waals surface area (Å²) in [5.74, 6) is 0.0305. The maximum atomic E-state index is 15.0. The quantitative estimate of drug-likeness (QED) is 0.528. The third-order valence-electron chi connectivity index (χ3n) is 5.22. The van der Waals surface area contributed by atoms with Crippen molar-refractivity contribution in [2.45, 2.75) is 25.9 Å². The Balaban J connectivity index is 1.60. The molecule has 1 saturated heterocycles. The van der Waals surface area contributed by atoms with Crippen molar-refractivity contribution in [3.8, 4) is 11.3 Å². The molecule has 1 aromatic carbocycles. The molecule has 4 heterocycles. The highest BCUT2D eigenvalue weighted by atomic mass is 19.1. The minimum absolute atomic E-state index is 0.207. The first-order valence-electron chi connectivity index (χ1n) is 9.56. The minimum Gasteiger partial charge on any atom is -0.422 e. The highest BCUT2D eigenvalue weighted by molar-refractivity contribution is 5.85. The molecule has 0 amide bonds. The van der Waals surface area contributed by atoms with Crippen LogP contribution in [0.3, 0.4) is 0 Å². The lowest BCUT2D eigenvalue weighted by atomic mass is 10.1. The molecule has 1 N–H and O–H groups in total. The predicted octanol–water partition coefficient (Wildman–Crippen LogP) is 2.83. The number of fused-ring (bicyclic) bond motifs is 2. The first-order chi connectivity index (χ1) is 14.0. The van der Waals surface area contributed by atoms with Crippen molar-refractivity contribution < 1.29 is 8.81 Å². The van der Waals surface area contributed by atoms with Gasteiger partial charge in [-0.2, -0.15) is 0 Å². The average Bonchev–Trinajstić information content (AvgIpc) is 3.10. The van der Waals surface area contributed by atoms with Gasteiger partial charge in [-0.05, 0) is 32.0 Å². The van der Waals surface area contributed by atoms with Gasteiger partial charge in [0.25, 0.3) is 0 Å². The molecule has 29 heavy (non-hydrogen) atoms. The molecule has 4 aromatic rings. The zero-order valence-corrected chi connectivity index (χ0v) is 16.1. The van der Waals surface area contributed by atoms with Crippen LogP contribution in [0, 0.1) is 5.82 Å². The Labute approximate surface area is 165 Å². The van der Waals surface area contributed by atoms with Crippen molar-refractivity contribution in [2.24, 2.45) is 0 Å². The van der Waals surface area contributed by atoms with E-state index in [1.165, 1.54) is 12.1 Å². The fraction of sp³-hybridized carbons (Fsp3) is 0.286. The Bertz CT molecular complexity index is 1240. The van der Waals surface area contributed by atoms with E-state index in [0.717, 1.165) is 13.1 Å². The molecule has 0 spiro atoms. The molecule has 1 aliphatic rings. The summed E-state index contributed by atoms with van der Waals surface area (Å²) in [5.41, 5.74) is 0.989. The van der Waals surface area contributed by atoms with Crippen LogP contribution < -0.4 is 15.8 Å². The number of aromatic nitrogens is 3. The summed E-state index contributed by atoms with van der Waals surface area (Å²) in [6.45, 7) is 5.70. The van der Waals surface area contributed by atoms with E-state index in [2.05, 4.69) is 34.0 Å². The summed E-state index contributed by atoms with van der Waals surface area (Å²) in [5, 5.41) is 3.71. The van der Waals surface area contributed by atoms with Crippen molar-refractivity contribution in [2.75, 3.05) is 18.0 Å². The van der Waals surface area contributed by atoms with E-state index < -0.39 is 11.4 Å². The van der Waals surface area contributed by atoms with E-state index in [1.807, 2.05) is 0 Å². The van der Waals surface area contributed by atoms with Gasteiger partial charge in [-0.1, -0.05) is 0 Å². The number of hydrogen-bond acceptors (Lipinski definition) is 6. The van der Waals surface area contributed by atoms with Crippen LogP contribution in [0.2, 0.25) is 0 Å². The van der Waals surface area contributed by atoms with Crippen molar-refractivity contribution in [1.82, 2.24) is 19.7 Å². The fourth-order valence-corrected chi connectivity index (χ4v) is 4.02. The number of nitrogens with zero attached hydrogens (tertiary/aromatic N) is 4. The molecule has 8 heteroatoms. The molecule has 2 atom stereocenters. The molecule has 1 fully saturated rings. The van der Waals surface area contributed by atoms with Crippen LogP contribution in [0.25, 0.3) is 28.0 Å². The number of piperazine rings is 1. The maximum absolute atomic E-state index is 15.0. The smallest absolute Gasteiger partial charge is 0.345 e. The average molecular weight is 393 g/mol. The Morgan fingerprint density at radius 3 is 2.76 bits per heavy atom. The SMILES string of the molecule is C[C@@H]1CN(c2cc(F)c3cc(-c4cn5cccnc5n4)c(=O)oc3c2)C[C@H](C)N1. The fourth-order valence-electron chi connectivity index (χ4n) is 4.02. The molecule has 0 saturated carbocycles. The Morgan fingerprint density at radius 2 is 2.00 bits per heavy atom. The second-order valence-corrected chi connectivity index (χ2v) is 7.61. The van der Waals surface area contributed by atoms with E-state index in [4.69, 9.17) is 4.42 Å².